The molecule has 2 saturated heterocycles. The average Bonchev–Trinajstić information content (AvgIpc) is 3.24. The minimum absolute atomic E-state index is 0.156. The van der Waals surface area contributed by atoms with Crippen LogP contribution in [0.4, 0.5) is 5.69 Å². The molecule has 2 amide bonds. The van der Waals surface area contributed by atoms with Gasteiger partial charge in [-0.1, -0.05) is 60.7 Å². The standard InChI is InChI=1S/C21H17NO3/c1-21-12-11-16(25-21)17-18(21)20(24)22(19(17)23)15-10-6-5-9-14(15)13-7-3-2-4-8-13/h2-12,16-18H,1H3. The summed E-state index contributed by atoms with van der Waals surface area (Å²) in [6.07, 6.45) is 3.55. The van der Waals surface area contributed by atoms with E-state index < -0.39 is 17.4 Å². The van der Waals surface area contributed by atoms with E-state index in [0.717, 1.165) is 11.1 Å². The lowest BCUT2D eigenvalue weighted by Gasteiger charge is -2.25. The van der Waals surface area contributed by atoms with E-state index in [1.54, 1.807) is 0 Å². The highest BCUT2D eigenvalue weighted by Crippen LogP contribution is 2.52. The zero-order chi connectivity index (χ0) is 17.2. The quantitative estimate of drug-likeness (QED) is 0.627. The highest BCUT2D eigenvalue weighted by molar-refractivity contribution is 6.24. The first-order chi connectivity index (χ1) is 12.1. The number of amides is 2. The molecule has 2 aromatic carbocycles. The van der Waals surface area contributed by atoms with Crippen LogP contribution in [0.3, 0.4) is 0 Å². The van der Waals surface area contributed by atoms with Crippen molar-refractivity contribution in [2.24, 2.45) is 11.8 Å². The summed E-state index contributed by atoms with van der Waals surface area (Å²) in [6.45, 7) is 1.89. The van der Waals surface area contributed by atoms with Crippen LogP contribution in [-0.2, 0) is 14.3 Å². The van der Waals surface area contributed by atoms with Gasteiger partial charge in [-0.3, -0.25) is 9.59 Å². The number of imide groups is 1. The summed E-state index contributed by atoms with van der Waals surface area (Å²) in [5, 5.41) is 0. The van der Waals surface area contributed by atoms with Crippen LogP contribution in [0.15, 0.2) is 66.7 Å². The number of para-hydroxylation sites is 1. The number of hydrogen-bond donors (Lipinski definition) is 0. The van der Waals surface area contributed by atoms with Gasteiger partial charge in [0.05, 0.1) is 29.2 Å². The molecule has 0 aromatic heterocycles. The van der Waals surface area contributed by atoms with Gasteiger partial charge in [-0.25, -0.2) is 4.90 Å². The predicted octanol–water partition coefficient (Wildman–Crippen LogP) is 3.19. The molecule has 2 aromatic rings. The van der Waals surface area contributed by atoms with Crippen LogP contribution in [0.25, 0.3) is 11.1 Å². The van der Waals surface area contributed by atoms with Crippen molar-refractivity contribution >= 4 is 17.5 Å². The van der Waals surface area contributed by atoms with Crippen LogP contribution in [0.1, 0.15) is 6.92 Å². The molecule has 0 radical (unpaired) electrons. The Bertz CT molecular complexity index is 920. The first-order valence-electron chi connectivity index (χ1n) is 8.49. The van der Waals surface area contributed by atoms with Gasteiger partial charge in [-0.15, -0.1) is 0 Å². The van der Waals surface area contributed by atoms with Crippen LogP contribution in [-0.4, -0.2) is 23.5 Å². The number of hydrogen-bond acceptors (Lipinski definition) is 3. The maximum atomic E-state index is 13.2. The van der Waals surface area contributed by atoms with Crippen molar-refractivity contribution in [3.05, 3.63) is 66.7 Å². The maximum Gasteiger partial charge on any atom is 0.241 e. The molecule has 0 aliphatic carbocycles. The highest BCUT2D eigenvalue weighted by Gasteiger charge is 2.66. The zero-order valence-electron chi connectivity index (χ0n) is 13.8. The van der Waals surface area contributed by atoms with Crippen molar-refractivity contribution < 1.29 is 14.3 Å². The molecule has 0 spiro atoms. The second-order valence-corrected chi connectivity index (χ2v) is 7.02. The Morgan fingerprint density at radius 2 is 1.68 bits per heavy atom. The molecule has 0 saturated carbocycles. The Kier molecular flexibility index (Phi) is 2.86. The molecule has 2 fully saturated rings. The second-order valence-electron chi connectivity index (χ2n) is 7.02. The molecule has 2 bridgehead atoms. The van der Waals surface area contributed by atoms with Crippen molar-refractivity contribution in [2.45, 2.75) is 18.6 Å². The van der Waals surface area contributed by atoms with E-state index in [0.29, 0.717) is 5.69 Å². The highest BCUT2D eigenvalue weighted by atomic mass is 16.5. The van der Waals surface area contributed by atoms with Crippen molar-refractivity contribution in [3.63, 3.8) is 0 Å². The molecule has 4 nitrogen and oxygen atoms in total. The summed E-state index contributed by atoms with van der Waals surface area (Å²) in [6, 6.07) is 17.4. The van der Waals surface area contributed by atoms with Crippen LogP contribution < -0.4 is 4.90 Å². The molecular formula is C21H17NO3. The van der Waals surface area contributed by atoms with Crippen molar-refractivity contribution in [1.82, 2.24) is 0 Å². The molecule has 124 valence electrons. The zero-order valence-corrected chi connectivity index (χ0v) is 13.8. The number of anilines is 1. The van der Waals surface area contributed by atoms with Gasteiger partial charge >= 0.3 is 0 Å². The van der Waals surface area contributed by atoms with E-state index in [-0.39, 0.29) is 17.9 Å². The Labute approximate surface area is 145 Å². The predicted molar refractivity (Wildman–Crippen MR) is 93.8 cm³/mol. The third-order valence-electron chi connectivity index (χ3n) is 5.56. The molecule has 3 aliphatic rings. The van der Waals surface area contributed by atoms with Gasteiger partial charge in [-0.05, 0) is 18.6 Å². The van der Waals surface area contributed by atoms with E-state index >= 15 is 0 Å². The Hall–Kier alpha value is -2.72. The summed E-state index contributed by atoms with van der Waals surface area (Å²) >= 11 is 0. The third-order valence-corrected chi connectivity index (χ3v) is 5.56. The third kappa shape index (κ3) is 1.86. The number of carbonyl (C=O) groups excluding carboxylic acids is 2. The monoisotopic (exact) mass is 331 g/mol. The SMILES string of the molecule is CC12C=CC(O1)C1C(=O)N(c3ccccc3-c3ccccc3)C(=O)C12. The number of benzene rings is 2. The Balaban J connectivity index is 1.63. The number of rotatable bonds is 2. The van der Waals surface area contributed by atoms with Crippen molar-refractivity contribution in [3.8, 4) is 11.1 Å². The van der Waals surface area contributed by atoms with Crippen molar-refractivity contribution in [1.29, 1.82) is 0 Å². The normalized spacial score (nSPS) is 32.5. The van der Waals surface area contributed by atoms with Gasteiger partial charge in [-0.2, -0.15) is 0 Å². The van der Waals surface area contributed by atoms with Gasteiger partial charge in [0.25, 0.3) is 0 Å². The van der Waals surface area contributed by atoms with Gasteiger partial charge in [0, 0.05) is 5.56 Å². The maximum absolute atomic E-state index is 13.2. The first-order valence-corrected chi connectivity index (χ1v) is 8.49. The van der Waals surface area contributed by atoms with Crippen LogP contribution in [0.5, 0.6) is 0 Å². The summed E-state index contributed by atoms with van der Waals surface area (Å²) in [7, 11) is 0. The molecule has 3 aliphatic heterocycles. The molecule has 5 rings (SSSR count). The summed E-state index contributed by atoms with van der Waals surface area (Å²) in [5.74, 6) is -1.16. The van der Waals surface area contributed by atoms with Crippen molar-refractivity contribution in [2.75, 3.05) is 4.90 Å². The fraction of sp³-hybridized carbons (Fsp3) is 0.238. The summed E-state index contributed by atoms with van der Waals surface area (Å²) in [4.78, 5) is 27.6. The van der Waals surface area contributed by atoms with E-state index in [2.05, 4.69) is 0 Å². The number of nitrogens with zero attached hydrogens (tertiary/aromatic N) is 1. The molecule has 4 unspecified atom stereocenters. The lowest BCUT2D eigenvalue weighted by molar-refractivity contribution is -0.126. The smallest absolute Gasteiger partial charge is 0.241 e. The minimum atomic E-state index is -0.668. The molecular weight excluding hydrogens is 314 g/mol. The molecule has 4 atom stereocenters. The van der Waals surface area contributed by atoms with Gasteiger partial charge < -0.3 is 4.74 Å². The fourth-order valence-corrected chi connectivity index (χ4v) is 4.42. The molecule has 25 heavy (non-hydrogen) atoms. The van der Waals surface area contributed by atoms with E-state index in [9.17, 15) is 9.59 Å². The van der Waals surface area contributed by atoms with Crippen LogP contribution in [0, 0.1) is 11.8 Å². The lowest BCUT2D eigenvalue weighted by atomic mass is 9.78. The summed E-state index contributed by atoms with van der Waals surface area (Å²) < 4.78 is 5.89. The van der Waals surface area contributed by atoms with Crippen LogP contribution >= 0.6 is 0 Å². The average molecular weight is 331 g/mol. The summed E-state index contributed by atoms with van der Waals surface area (Å²) in [5.41, 5.74) is 1.86. The lowest BCUT2D eigenvalue weighted by Crippen LogP contribution is -2.38. The molecule has 3 heterocycles. The van der Waals surface area contributed by atoms with Gasteiger partial charge in [0.15, 0.2) is 0 Å². The van der Waals surface area contributed by atoms with E-state index in [1.807, 2.05) is 73.7 Å². The number of ether oxygens (including phenoxy) is 1. The Morgan fingerprint density at radius 3 is 2.44 bits per heavy atom. The van der Waals surface area contributed by atoms with Crippen LogP contribution in [0.2, 0.25) is 0 Å². The molecule has 0 N–H and O–H groups in total. The topological polar surface area (TPSA) is 46.6 Å². The van der Waals surface area contributed by atoms with Gasteiger partial charge in [0.1, 0.15) is 0 Å². The molecule has 4 heteroatoms. The second kappa shape index (κ2) is 4.90. The first kappa shape index (κ1) is 14.6. The van der Waals surface area contributed by atoms with E-state index in [4.69, 9.17) is 4.74 Å². The number of fused-ring (bicyclic) bond motifs is 5. The Morgan fingerprint density at radius 1 is 0.960 bits per heavy atom. The van der Waals surface area contributed by atoms with E-state index in [1.165, 1.54) is 4.90 Å². The van der Waals surface area contributed by atoms with Gasteiger partial charge in [0.2, 0.25) is 11.8 Å². The number of carbonyl (C=O) groups is 2. The largest absolute Gasteiger partial charge is 0.362 e. The minimum Gasteiger partial charge on any atom is -0.362 e. The fourth-order valence-electron chi connectivity index (χ4n) is 4.42.